The van der Waals surface area contributed by atoms with Crippen molar-refractivity contribution in [3.8, 4) is 5.75 Å². The Labute approximate surface area is 106 Å². The number of aliphatic hydroxyl groups is 1. The standard InChI is InChI=1S/C13H19NO4/c1-9(7-13(2,14)12(16)17)18-11-6-4-3-5-10(11)8-15/h3-6,9,15H,7-8,14H2,1-2H3,(H,16,17). The molecule has 4 N–H and O–H groups in total. The maximum Gasteiger partial charge on any atom is 0.323 e. The van der Waals surface area contributed by atoms with Gasteiger partial charge in [-0.15, -0.1) is 0 Å². The minimum Gasteiger partial charge on any atom is -0.490 e. The molecule has 0 spiro atoms. The first-order chi connectivity index (χ1) is 8.36. The van der Waals surface area contributed by atoms with Crippen molar-refractivity contribution in [3.63, 3.8) is 0 Å². The van der Waals surface area contributed by atoms with Gasteiger partial charge in [-0.25, -0.2) is 0 Å². The fourth-order valence-electron chi connectivity index (χ4n) is 1.69. The van der Waals surface area contributed by atoms with Crippen molar-refractivity contribution in [3.05, 3.63) is 29.8 Å². The molecule has 0 amide bonds. The topological polar surface area (TPSA) is 92.8 Å². The summed E-state index contributed by atoms with van der Waals surface area (Å²) < 4.78 is 5.62. The summed E-state index contributed by atoms with van der Waals surface area (Å²) in [6.07, 6.45) is -0.175. The summed E-state index contributed by atoms with van der Waals surface area (Å²) in [5.41, 5.74) is 5.00. The summed E-state index contributed by atoms with van der Waals surface area (Å²) in [5.74, 6) is -0.512. The smallest absolute Gasteiger partial charge is 0.323 e. The highest BCUT2D eigenvalue weighted by Crippen LogP contribution is 2.21. The molecule has 0 fully saturated rings. The van der Waals surface area contributed by atoms with Gasteiger partial charge in [0.25, 0.3) is 0 Å². The second kappa shape index (κ2) is 5.84. The highest BCUT2D eigenvalue weighted by atomic mass is 16.5. The molecule has 100 valence electrons. The zero-order chi connectivity index (χ0) is 13.8. The van der Waals surface area contributed by atoms with Gasteiger partial charge in [0, 0.05) is 12.0 Å². The lowest BCUT2D eigenvalue weighted by Crippen LogP contribution is -2.47. The Morgan fingerprint density at radius 2 is 2.11 bits per heavy atom. The van der Waals surface area contributed by atoms with Gasteiger partial charge in [0.1, 0.15) is 11.3 Å². The van der Waals surface area contributed by atoms with Gasteiger partial charge in [-0.2, -0.15) is 0 Å². The second-order valence-corrected chi connectivity index (χ2v) is 4.62. The van der Waals surface area contributed by atoms with Crippen LogP contribution in [0, 0.1) is 0 Å². The average Bonchev–Trinajstić information content (AvgIpc) is 2.28. The fourth-order valence-corrected chi connectivity index (χ4v) is 1.69. The molecule has 1 aromatic rings. The van der Waals surface area contributed by atoms with Crippen molar-refractivity contribution in [1.29, 1.82) is 0 Å². The molecule has 0 saturated carbocycles. The zero-order valence-corrected chi connectivity index (χ0v) is 10.6. The van der Waals surface area contributed by atoms with E-state index in [1.165, 1.54) is 6.92 Å². The molecule has 18 heavy (non-hydrogen) atoms. The van der Waals surface area contributed by atoms with E-state index in [4.69, 9.17) is 20.7 Å². The van der Waals surface area contributed by atoms with Crippen LogP contribution in [-0.2, 0) is 11.4 Å². The van der Waals surface area contributed by atoms with Crippen molar-refractivity contribution in [2.75, 3.05) is 0 Å². The normalized spacial score (nSPS) is 15.8. The zero-order valence-electron chi connectivity index (χ0n) is 10.6. The van der Waals surface area contributed by atoms with Gasteiger partial charge >= 0.3 is 5.97 Å². The summed E-state index contributed by atoms with van der Waals surface area (Å²) in [5, 5.41) is 18.1. The van der Waals surface area contributed by atoms with Crippen molar-refractivity contribution < 1.29 is 19.7 Å². The van der Waals surface area contributed by atoms with Gasteiger partial charge in [-0.3, -0.25) is 4.79 Å². The van der Waals surface area contributed by atoms with Crippen LogP contribution in [0.25, 0.3) is 0 Å². The molecule has 5 nitrogen and oxygen atoms in total. The first kappa shape index (κ1) is 14.5. The molecule has 2 unspecified atom stereocenters. The predicted octanol–water partition coefficient (Wildman–Crippen LogP) is 1.14. The number of benzene rings is 1. The Kier molecular flexibility index (Phi) is 4.69. The van der Waals surface area contributed by atoms with Crippen LogP contribution in [0.4, 0.5) is 0 Å². The van der Waals surface area contributed by atoms with Crippen LogP contribution < -0.4 is 10.5 Å². The van der Waals surface area contributed by atoms with E-state index in [1.54, 1.807) is 31.2 Å². The minimum atomic E-state index is -1.33. The predicted molar refractivity (Wildman–Crippen MR) is 67.3 cm³/mol. The van der Waals surface area contributed by atoms with Gasteiger partial charge < -0.3 is 20.7 Å². The third-order valence-corrected chi connectivity index (χ3v) is 2.67. The molecule has 0 aliphatic carbocycles. The van der Waals surface area contributed by atoms with Gasteiger partial charge in [0.05, 0.1) is 12.7 Å². The lowest BCUT2D eigenvalue weighted by molar-refractivity contribution is -0.143. The summed E-state index contributed by atoms with van der Waals surface area (Å²) >= 11 is 0. The van der Waals surface area contributed by atoms with Crippen LogP contribution in [0.5, 0.6) is 5.75 Å². The van der Waals surface area contributed by atoms with Crippen LogP contribution in [0.3, 0.4) is 0 Å². The molecular formula is C13H19NO4. The number of carbonyl (C=O) groups is 1. The van der Waals surface area contributed by atoms with E-state index < -0.39 is 11.5 Å². The largest absolute Gasteiger partial charge is 0.490 e. The number of hydrogen-bond acceptors (Lipinski definition) is 4. The number of aliphatic carboxylic acids is 1. The maximum absolute atomic E-state index is 10.9. The molecule has 0 aromatic heterocycles. The number of carboxylic acids is 1. The van der Waals surface area contributed by atoms with Gasteiger partial charge in [-0.05, 0) is 19.9 Å². The van der Waals surface area contributed by atoms with E-state index in [0.717, 1.165) is 0 Å². The maximum atomic E-state index is 10.9. The van der Waals surface area contributed by atoms with E-state index >= 15 is 0 Å². The van der Waals surface area contributed by atoms with E-state index in [0.29, 0.717) is 11.3 Å². The number of rotatable bonds is 6. The Morgan fingerprint density at radius 1 is 1.50 bits per heavy atom. The quantitative estimate of drug-likeness (QED) is 0.707. The summed E-state index contributed by atoms with van der Waals surface area (Å²) in [4.78, 5) is 10.9. The van der Waals surface area contributed by atoms with Crippen LogP contribution in [0.15, 0.2) is 24.3 Å². The molecular weight excluding hydrogens is 234 g/mol. The molecule has 0 heterocycles. The monoisotopic (exact) mass is 253 g/mol. The number of hydrogen-bond donors (Lipinski definition) is 3. The van der Waals surface area contributed by atoms with Gasteiger partial charge in [0.15, 0.2) is 0 Å². The third kappa shape index (κ3) is 3.72. The molecule has 0 aliphatic heterocycles. The van der Waals surface area contributed by atoms with E-state index in [1.807, 2.05) is 0 Å². The SMILES string of the molecule is CC(CC(C)(N)C(=O)O)Oc1ccccc1CO. The van der Waals surface area contributed by atoms with Gasteiger partial charge in [-0.1, -0.05) is 18.2 Å². The summed E-state index contributed by atoms with van der Waals surface area (Å²) in [6, 6.07) is 7.07. The lowest BCUT2D eigenvalue weighted by atomic mass is 9.96. The molecule has 0 radical (unpaired) electrons. The lowest BCUT2D eigenvalue weighted by Gasteiger charge is -2.24. The second-order valence-electron chi connectivity index (χ2n) is 4.62. The average molecular weight is 253 g/mol. The van der Waals surface area contributed by atoms with Crippen LogP contribution in [-0.4, -0.2) is 27.8 Å². The van der Waals surface area contributed by atoms with E-state index in [-0.39, 0.29) is 19.1 Å². The van der Waals surface area contributed by atoms with Crippen LogP contribution >= 0.6 is 0 Å². The number of nitrogens with two attached hydrogens (primary N) is 1. The third-order valence-electron chi connectivity index (χ3n) is 2.67. The number of para-hydroxylation sites is 1. The first-order valence-electron chi connectivity index (χ1n) is 5.74. The Morgan fingerprint density at radius 3 is 2.67 bits per heavy atom. The molecule has 1 aromatic carbocycles. The molecule has 2 atom stereocenters. The Balaban J connectivity index is 2.70. The number of aliphatic hydroxyl groups excluding tert-OH is 1. The van der Waals surface area contributed by atoms with Crippen molar-refractivity contribution >= 4 is 5.97 Å². The Bertz CT molecular complexity index is 417. The van der Waals surface area contributed by atoms with Crippen molar-refractivity contribution in [1.82, 2.24) is 0 Å². The molecule has 0 bridgehead atoms. The fraction of sp³-hybridized carbons (Fsp3) is 0.462. The molecule has 1 rings (SSSR count). The minimum absolute atomic E-state index is 0.123. The highest BCUT2D eigenvalue weighted by Gasteiger charge is 2.30. The number of ether oxygens (including phenoxy) is 1. The van der Waals surface area contributed by atoms with Crippen LogP contribution in [0.1, 0.15) is 25.8 Å². The highest BCUT2D eigenvalue weighted by molar-refractivity contribution is 5.77. The van der Waals surface area contributed by atoms with E-state index in [2.05, 4.69) is 0 Å². The molecule has 0 saturated heterocycles. The molecule has 5 heteroatoms. The number of carboxylic acid groups (broad SMARTS) is 1. The van der Waals surface area contributed by atoms with Crippen molar-refractivity contribution in [2.45, 2.75) is 38.5 Å². The summed E-state index contributed by atoms with van der Waals surface area (Å²) in [7, 11) is 0. The van der Waals surface area contributed by atoms with E-state index in [9.17, 15) is 4.79 Å². The van der Waals surface area contributed by atoms with Crippen molar-refractivity contribution in [2.24, 2.45) is 5.73 Å². The first-order valence-corrected chi connectivity index (χ1v) is 5.74. The molecule has 0 aliphatic rings. The van der Waals surface area contributed by atoms with Crippen LogP contribution in [0.2, 0.25) is 0 Å². The van der Waals surface area contributed by atoms with Gasteiger partial charge in [0.2, 0.25) is 0 Å². The Hall–Kier alpha value is -1.59. The summed E-state index contributed by atoms with van der Waals surface area (Å²) in [6.45, 7) is 3.08.